The van der Waals surface area contributed by atoms with E-state index in [4.69, 9.17) is 21.1 Å². The van der Waals surface area contributed by atoms with Crippen molar-refractivity contribution in [2.24, 2.45) is 0 Å². The third-order valence-corrected chi connectivity index (χ3v) is 3.87. The summed E-state index contributed by atoms with van der Waals surface area (Å²) in [6, 6.07) is 11.2. The van der Waals surface area contributed by atoms with Crippen LogP contribution in [-0.4, -0.2) is 19.3 Å². The standard InChI is InChI=1S/C17H19ClO3/c1-11-8-13(5-6-14(11)18)15(19)9-12-4-7-16(20-2)17(10-12)21-3/h4-8,10,15,19H,9H2,1-3H3. The molecule has 4 heteroatoms. The summed E-state index contributed by atoms with van der Waals surface area (Å²) in [6.07, 6.45) is -0.0828. The lowest BCUT2D eigenvalue weighted by atomic mass is 10.00. The molecule has 0 bridgehead atoms. The lowest BCUT2D eigenvalue weighted by molar-refractivity contribution is 0.178. The number of aliphatic hydroxyl groups excluding tert-OH is 1. The molecular formula is C17H19ClO3. The molecule has 2 aromatic carbocycles. The van der Waals surface area contributed by atoms with E-state index in [9.17, 15) is 5.11 Å². The molecule has 1 atom stereocenters. The highest BCUT2D eigenvalue weighted by Crippen LogP contribution is 2.30. The topological polar surface area (TPSA) is 38.7 Å². The average molecular weight is 307 g/mol. The van der Waals surface area contributed by atoms with E-state index >= 15 is 0 Å². The van der Waals surface area contributed by atoms with E-state index in [1.165, 1.54) is 0 Å². The quantitative estimate of drug-likeness (QED) is 0.909. The Morgan fingerprint density at radius 2 is 1.76 bits per heavy atom. The van der Waals surface area contributed by atoms with E-state index in [1.54, 1.807) is 14.2 Å². The van der Waals surface area contributed by atoms with Gasteiger partial charge >= 0.3 is 0 Å². The Bertz CT molecular complexity index is 625. The molecule has 0 aliphatic heterocycles. The van der Waals surface area contributed by atoms with Gasteiger partial charge in [0.05, 0.1) is 20.3 Å². The summed E-state index contributed by atoms with van der Waals surface area (Å²) in [6.45, 7) is 1.93. The number of benzene rings is 2. The first kappa shape index (κ1) is 15.7. The maximum Gasteiger partial charge on any atom is 0.160 e. The highest BCUT2D eigenvalue weighted by atomic mass is 35.5. The van der Waals surface area contributed by atoms with Crippen molar-refractivity contribution in [3.8, 4) is 11.5 Å². The van der Waals surface area contributed by atoms with E-state index in [0.717, 1.165) is 16.7 Å². The summed E-state index contributed by atoms with van der Waals surface area (Å²) < 4.78 is 10.5. The lowest BCUT2D eigenvalue weighted by Crippen LogP contribution is -2.03. The molecule has 0 heterocycles. The number of hydrogen-bond acceptors (Lipinski definition) is 3. The Hall–Kier alpha value is -1.71. The van der Waals surface area contributed by atoms with Crippen molar-refractivity contribution in [3.63, 3.8) is 0 Å². The molecule has 2 aromatic rings. The number of halogens is 1. The SMILES string of the molecule is COc1ccc(CC(O)c2ccc(Cl)c(C)c2)cc1OC. The van der Waals surface area contributed by atoms with Gasteiger partial charge in [0.15, 0.2) is 11.5 Å². The van der Waals surface area contributed by atoms with Crippen molar-refractivity contribution in [3.05, 3.63) is 58.1 Å². The summed E-state index contributed by atoms with van der Waals surface area (Å²) in [7, 11) is 3.20. The molecule has 2 rings (SSSR count). The Morgan fingerprint density at radius 3 is 2.38 bits per heavy atom. The van der Waals surface area contributed by atoms with Gasteiger partial charge in [-0.15, -0.1) is 0 Å². The van der Waals surface area contributed by atoms with Gasteiger partial charge in [0.1, 0.15) is 0 Å². The number of hydrogen-bond donors (Lipinski definition) is 1. The van der Waals surface area contributed by atoms with Gasteiger partial charge in [-0.1, -0.05) is 29.8 Å². The van der Waals surface area contributed by atoms with Gasteiger partial charge in [0.2, 0.25) is 0 Å². The fourth-order valence-corrected chi connectivity index (χ4v) is 2.34. The van der Waals surface area contributed by atoms with Crippen LogP contribution in [0.5, 0.6) is 11.5 Å². The van der Waals surface area contributed by atoms with Crippen molar-refractivity contribution in [2.75, 3.05) is 14.2 Å². The van der Waals surface area contributed by atoms with Crippen molar-refractivity contribution >= 4 is 11.6 Å². The smallest absolute Gasteiger partial charge is 0.160 e. The number of ether oxygens (including phenoxy) is 2. The lowest BCUT2D eigenvalue weighted by Gasteiger charge is -2.14. The molecule has 0 amide bonds. The maximum atomic E-state index is 10.4. The van der Waals surface area contributed by atoms with Gasteiger partial charge in [0.25, 0.3) is 0 Å². The molecule has 1 unspecified atom stereocenters. The molecule has 0 saturated carbocycles. The number of aliphatic hydroxyl groups is 1. The summed E-state index contributed by atoms with van der Waals surface area (Å²) in [4.78, 5) is 0. The maximum absolute atomic E-state index is 10.4. The largest absolute Gasteiger partial charge is 0.493 e. The van der Waals surface area contributed by atoms with E-state index < -0.39 is 6.10 Å². The molecule has 0 aromatic heterocycles. The van der Waals surface area contributed by atoms with Gasteiger partial charge in [0, 0.05) is 11.4 Å². The van der Waals surface area contributed by atoms with Crippen molar-refractivity contribution in [2.45, 2.75) is 19.4 Å². The van der Waals surface area contributed by atoms with E-state index in [1.807, 2.05) is 43.3 Å². The molecule has 0 fully saturated rings. The first-order chi connectivity index (χ1) is 10.0. The normalized spacial score (nSPS) is 12.0. The zero-order valence-corrected chi connectivity index (χ0v) is 13.1. The Morgan fingerprint density at radius 1 is 1.05 bits per heavy atom. The van der Waals surface area contributed by atoms with Crippen LogP contribution in [-0.2, 0) is 6.42 Å². The minimum absolute atomic E-state index is 0.501. The first-order valence-corrected chi connectivity index (χ1v) is 7.08. The molecule has 21 heavy (non-hydrogen) atoms. The summed E-state index contributed by atoms with van der Waals surface area (Å²) in [5, 5.41) is 11.1. The van der Waals surface area contributed by atoms with Gasteiger partial charge in [-0.25, -0.2) is 0 Å². The Kier molecular flexibility index (Phi) is 5.10. The molecule has 1 N–H and O–H groups in total. The molecule has 112 valence electrons. The summed E-state index contributed by atoms with van der Waals surface area (Å²) in [5.74, 6) is 1.34. The van der Waals surface area contributed by atoms with Crippen LogP contribution in [0.1, 0.15) is 22.8 Å². The molecule has 0 aliphatic carbocycles. The average Bonchev–Trinajstić information content (AvgIpc) is 2.49. The molecular weight excluding hydrogens is 288 g/mol. The van der Waals surface area contributed by atoms with Gasteiger partial charge < -0.3 is 14.6 Å². The van der Waals surface area contributed by atoms with Gasteiger partial charge in [-0.3, -0.25) is 0 Å². The van der Waals surface area contributed by atoms with Crippen LogP contribution in [0.25, 0.3) is 0 Å². The van der Waals surface area contributed by atoms with Crippen LogP contribution in [0.3, 0.4) is 0 Å². The molecule has 0 spiro atoms. The third-order valence-electron chi connectivity index (χ3n) is 3.44. The van der Waals surface area contributed by atoms with Crippen LogP contribution >= 0.6 is 11.6 Å². The Labute approximate surface area is 130 Å². The number of aryl methyl sites for hydroxylation is 1. The zero-order valence-electron chi connectivity index (χ0n) is 12.4. The predicted octanol–water partition coefficient (Wildman–Crippen LogP) is 3.94. The van der Waals surface area contributed by atoms with Crippen LogP contribution < -0.4 is 9.47 Å². The number of rotatable bonds is 5. The van der Waals surface area contributed by atoms with Crippen molar-refractivity contribution in [1.82, 2.24) is 0 Å². The highest BCUT2D eigenvalue weighted by molar-refractivity contribution is 6.31. The van der Waals surface area contributed by atoms with Crippen LogP contribution in [0, 0.1) is 6.92 Å². The second-order valence-corrected chi connectivity index (χ2v) is 5.33. The van der Waals surface area contributed by atoms with Crippen LogP contribution in [0.15, 0.2) is 36.4 Å². The van der Waals surface area contributed by atoms with Crippen LogP contribution in [0.4, 0.5) is 0 Å². The summed E-state index contributed by atoms with van der Waals surface area (Å²) >= 11 is 6.01. The van der Waals surface area contributed by atoms with Crippen molar-refractivity contribution < 1.29 is 14.6 Å². The van der Waals surface area contributed by atoms with E-state index in [0.29, 0.717) is 22.9 Å². The Balaban J connectivity index is 2.18. The third kappa shape index (κ3) is 3.69. The second kappa shape index (κ2) is 6.83. The zero-order chi connectivity index (χ0) is 15.4. The first-order valence-electron chi connectivity index (χ1n) is 6.70. The summed E-state index contributed by atoms with van der Waals surface area (Å²) in [5.41, 5.74) is 2.79. The number of methoxy groups -OCH3 is 2. The van der Waals surface area contributed by atoms with Crippen molar-refractivity contribution in [1.29, 1.82) is 0 Å². The molecule has 0 radical (unpaired) electrons. The highest BCUT2D eigenvalue weighted by Gasteiger charge is 2.12. The fraction of sp³-hybridized carbons (Fsp3) is 0.294. The van der Waals surface area contributed by atoms with Gasteiger partial charge in [-0.05, 0) is 41.8 Å². The monoisotopic (exact) mass is 306 g/mol. The molecule has 0 saturated heterocycles. The molecule has 3 nitrogen and oxygen atoms in total. The minimum atomic E-state index is -0.584. The predicted molar refractivity (Wildman–Crippen MR) is 84.4 cm³/mol. The fourth-order valence-electron chi connectivity index (χ4n) is 2.22. The molecule has 0 aliphatic rings. The minimum Gasteiger partial charge on any atom is -0.493 e. The van der Waals surface area contributed by atoms with Gasteiger partial charge in [-0.2, -0.15) is 0 Å². The van der Waals surface area contributed by atoms with E-state index in [2.05, 4.69) is 0 Å². The second-order valence-electron chi connectivity index (χ2n) is 4.92. The van der Waals surface area contributed by atoms with E-state index in [-0.39, 0.29) is 0 Å². The van der Waals surface area contributed by atoms with Crippen LogP contribution in [0.2, 0.25) is 5.02 Å².